The van der Waals surface area contributed by atoms with Gasteiger partial charge in [0, 0.05) is 25.2 Å². The zero-order valence-electron chi connectivity index (χ0n) is 10.4. The molecule has 0 aromatic carbocycles. The van der Waals surface area contributed by atoms with Gasteiger partial charge in [-0.3, -0.25) is 0 Å². The van der Waals surface area contributed by atoms with Crippen molar-refractivity contribution < 1.29 is 4.79 Å². The smallest absolute Gasteiger partial charge is 0.315 e. The van der Waals surface area contributed by atoms with Gasteiger partial charge in [0.2, 0.25) is 0 Å². The van der Waals surface area contributed by atoms with Crippen LogP contribution in [0.1, 0.15) is 32.1 Å². The number of carbonyl (C=O) groups excluding carboxylic acids is 1. The summed E-state index contributed by atoms with van der Waals surface area (Å²) in [4.78, 5) is 11.8. The molecule has 0 aromatic rings. The molecule has 2 amide bonds. The van der Waals surface area contributed by atoms with Gasteiger partial charge in [-0.05, 0) is 38.8 Å². The van der Waals surface area contributed by atoms with Gasteiger partial charge in [-0.1, -0.05) is 6.42 Å². The van der Waals surface area contributed by atoms with E-state index in [1.54, 1.807) is 0 Å². The molecule has 2 aliphatic heterocycles. The predicted octanol–water partition coefficient (Wildman–Crippen LogP) is 0.180. The maximum atomic E-state index is 11.8. The first-order valence-electron chi connectivity index (χ1n) is 6.83. The summed E-state index contributed by atoms with van der Waals surface area (Å²) in [6.45, 7) is 3.95. The molecule has 4 N–H and O–H groups in total. The zero-order chi connectivity index (χ0) is 11.9. The SMILES string of the molecule is O=C(NC1CCCCNC1)NC1CCCNC1. The fourth-order valence-corrected chi connectivity index (χ4v) is 2.53. The maximum Gasteiger partial charge on any atom is 0.315 e. The molecule has 2 heterocycles. The maximum absolute atomic E-state index is 11.8. The second-order valence-electron chi connectivity index (χ2n) is 5.06. The van der Waals surface area contributed by atoms with E-state index >= 15 is 0 Å². The number of hydrogen-bond donors (Lipinski definition) is 4. The van der Waals surface area contributed by atoms with Crippen LogP contribution in [0.2, 0.25) is 0 Å². The predicted molar refractivity (Wildman–Crippen MR) is 68.1 cm³/mol. The summed E-state index contributed by atoms with van der Waals surface area (Å²) in [5.74, 6) is 0. The number of rotatable bonds is 2. The zero-order valence-corrected chi connectivity index (χ0v) is 10.4. The largest absolute Gasteiger partial charge is 0.334 e. The first-order valence-corrected chi connectivity index (χ1v) is 6.83. The Labute approximate surface area is 103 Å². The fourth-order valence-electron chi connectivity index (χ4n) is 2.53. The standard InChI is InChI=1S/C12H24N4O/c17-12(16-11-5-3-7-14-9-11)15-10-4-1-2-6-13-8-10/h10-11,13-14H,1-9H2,(H2,15,16,17). The van der Waals surface area contributed by atoms with Crippen LogP contribution in [0.4, 0.5) is 4.79 Å². The summed E-state index contributed by atoms with van der Waals surface area (Å²) in [6, 6.07) is 0.573. The Balaban J connectivity index is 1.68. The van der Waals surface area contributed by atoms with Crippen molar-refractivity contribution in [1.29, 1.82) is 0 Å². The van der Waals surface area contributed by atoms with Gasteiger partial charge in [-0.15, -0.1) is 0 Å². The lowest BCUT2D eigenvalue weighted by molar-refractivity contribution is 0.229. The van der Waals surface area contributed by atoms with E-state index in [0.29, 0.717) is 6.04 Å². The van der Waals surface area contributed by atoms with Crippen LogP contribution >= 0.6 is 0 Å². The quantitative estimate of drug-likeness (QED) is 0.557. The molecule has 5 heteroatoms. The molecule has 2 atom stereocenters. The highest BCUT2D eigenvalue weighted by Crippen LogP contribution is 2.04. The second kappa shape index (κ2) is 6.81. The van der Waals surface area contributed by atoms with Crippen LogP contribution in [0.15, 0.2) is 0 Å². The lowest BCUT2D eigenvalue weighted by Gasteiger charge is -2.25. The normalized spacial score (nSPS) is 30.4. The van der Waals surface area contributed by atoms with Crippen LogP contribution in [-0.4, -0.2) is 44.3 Å². The minimum atomic E-state index is -0.00704. The van der Waals surface area contributed by atoms with Crippen molar-refractivity contribution in [2.45, 2.75) is 44.2 Å². The number of hydrogen-bond acceptors (Lipinski definition) is 3. The van der Waals surface area contributed by atoms with E-state index < -0.39 is 0 Å². The van der Waals surface area contributed by atoms with Crippen LogP contribution < -0.4 is 21.3 Å². The van der Waals surface area contributed by atoms with E-state index in [9.17, 15) is 4.79 Å². The molecular formula is C12H24N4O. The fraction of sp³-hybridized carbons (Fsp3) is 0.917. The highest BCUT2D eigenvalue weighted by atomic mass is 16.2. The topological polar surface area (TPSA) is 65.2 Å². The Morgan fingerprint density at radius 2 is 1.47 bits per heavy atom. The molecule has 2 saturated heterocycles. The van der Waals surface area contributed by atoms with Crippen molar-refractivity contribution >= 4 is 6.03 Å². The van der Waals surface area contributed by atoms with Crippen LogP contribution in [0.3, 0.4) is 0 Å². The minimum Gasteiger partial charge on any atom is -0.334 e. The van der Waals surface area contributed by atoms with Crippen LogP contribution in [-0.2, 0) is 0 Å². The second-order valence-corrected chi connectivity index (χ2v) is 5.06. The first kappa shape index (κ1) is 12.6. The van der Waals surface area contributed by atoms with E-state index in [1.807, 2.05) is 0 Å². The average molecular weight is 240 g/mol. The highest BCUT2D eigenvalue weighted by molar-refractivity contribution is 5.74. The molecule has 2 unspecified atom stereocenters. The molecular weight excluding hydrogens is 216 g/mol. The molecule has 0 aliphatic carbocycles. The van der Waals surface area contributed by atoms with Crippen LogP contribution in [0, 0.1) is 0 Å². The van der Waals surface area contributed by atoms with Crippen molar-refractivity contribution in [1.82, 2.24) is 21.3 Å². The van der Waals surface area contributed by atoms with Crippen molar-refractivity contribution in [3.63, 3.8) is 0 Å². The third-order valence-corrected chi connectivity index (χ3v) is 3.51. The summed E-state index contributed by atoms with van der Waals surface area (Å²) < 4.78 is 0. The summed E-state index contributed by atoms with van der Waals surface area (Å²) >= 11 is 0. The van der Waals surface area contributed by atoms with E-state index in [1.165, 1.54) is 12.8 Å². The monoisotopic (exact) mass is 240 g/mol. The number of carbonyl (C=O) groups is 1. The van der Waals surface area contributed by atoms with E-state index in [4.69, 9.17) is 0 Å². The van der Waals surface area contributed by atoms with E-state index in [2.05, 4.69) is 21.3 Å². The van der Waals surface area contributed by atoms with Gasteiger partial charge in [0.25, 0.3) is 0 Å². The molecule has 5 nitrogen and oxygen atoms in total. The highest BCUT2D eigenvalue weighted by Gasteiger charge is 2.18. The molecule has 0 saturated carbocycles. The number of urea groups is 1. The molecule has 17 heavy (non-hydrogen) atoms. The molecule has 0 radical (unpaired) electrons. The molecule has 2 aliphatic rings. The Bertz CT molecular complexity index is 233. The molecule has 2 fully saturated rings. The number of amides is 2. The van der Waals surface area contributed by atoms with Gasteiger partial charge in [-0.25, -0.2) is 4.79 Å². The van der Waals surface area contributed by atoms with Crippen molar-refractivity contribution in [3.05, 3.63) is 0 Å². The average Bonchev–Trinajstić information content (AvgIpc) is 2.59. The Morgan fingerprint density at radius 1 is 0.882 bits per heavy atom. The Kier molecular flexibility index (Phi) is 5.07. The molecule has 0 bridgehead atoms. The Hall–Kier alpha value is -0.810. The number of nitrogens with one attached hydrogen (secondary N) is 4. The first-order chi connectivity index (χ1) is 8.34. The molecule has 2 rings (SSSR count). The van der Waals surface area contributed by atoms with Crippen molar-refractivity contribution in [2.75, 3.05) is 26.2 Å². The third kappa shape index (κ3) is 4.52. The molecule has 0 spiro atoms. The van der Waals surface area contributed by atoms with Crippen LogP contribution in [0.25, 0.3) is 0 Å². The van der Waals surface area contributed by atoms with Gasteiger partial charge < -0.3 is 21.3 Å². The summed E-state index contributed by atoms with van der Waals surface area (Å²) in [6.07, 6.45) is 5.73. The third-order valence-electron chi connectivity index (χ3n) is 3.51. The van der Waals surface area contributed by atoms with Gasteiger partial charge in [0.05, 0.1) is 0 Å². The van der Waals surface area contributed by atoms with Crippen LogP contribution in [0.5, 0.6) is 0 Å². The molecule has 0 aromatic heterocycles. The Morgan fingerprint density at radius 3 is 2.12 bits per heavy atom. The van der Waals surface area contributed by atoms with Gasteiger partial charge in [0.15, 0.2) is 0 Å². The van der Waals surface area contributed by atoms with Gasteiger partial charge in [-0.2, -0.15) is 0 Å². The van der Waals surface area contributed by atoms with Gasteiger partial charge in [0.1, 0.15) is 0 Å². The summed E-state index contributed by atoms with van der Waals surface area (Å²) in [7, 11) is 0. The number of piperidine rings is 1. The van der Waals surface area contributed by atoms with Gasteiger partial charge >= 0.3 is 6.03 Å². The lowest BCUT2D eigenvalue weighted by Crippen LogP contribution is -2.52. The van der Waals surface area contributed by atoms with E-state index in [-0.39, 0.29) is 12.1 Å². The summed E-state index contributed by atoms with van der Waals surface area (Å²) in [5, 5.41) is 12.8. The minimum absolute atomic E-state index is 0.00704. The molecule has 98 valence electrons. The summed E-state index contributed by atoms with van der Waals surface area (Å²) in [5.41, 5.74) is 0. The van der Waals surface area contributed by atoms with Crippen molar-refractivity contribution in [3.8, 4) is 0 Å². The van der Waals surface area contributed by atoms with E-state index in [0.717, 1.165) is 45.4 Å². The lowest BCUT2D eigenvalue weighted by atomic mass is 10.1. The van der Waals surface area contributed by atoms with Crippen molar-refractivity contribution in [2.24, 2.45) is 0 Å².